The Hall–Kier alpha value is -2.91. The first-order chi connectivity index (χ1) is 11.3. The molecule has 3 nitrogen and oxygen atoms in total. The zero-order chi connectivity index (χ0) is 16.1. The smallest absolute Gasteiger partial charge is 0.165 e. The molecule has 0 spiro atoms. The third-order valence-corrected chi connectivity index (χ3v) is 3.58. The van der Waals surface area contributed by atoms with E-state index in [1.165, 1.54) is 0 Å². The van der Waals surface area contributed by atoms with E-state index < -0.39 is 0 Å². The monoisotopic (exact) mass is 302 g/mol. The molecule has 0 atom stereocenters. The van der Waals surface area contributed by atoms with Crippen molar-refractivity contribution < 1.29 is 5.21 Å². The molecule has 0 fully saturated rings. The Labute approximate surface area is 136 Å². The first-order valence-electron chi connectivity index (χ1n) is 7.49. The summed E-state index contributed by atoms with van der Waals surface area (Å²) in [6.07, 6.45) is 0. The van der Waals surface area contributed by atoms with E-state index in [-0.39, 0.29) is 0 Å². The molecule has 0 unspecified atom stereocenters. The highest BCUT2D eigenvalue weighted by Gasteiger charge is 2.15. The molecule has 0 aliphatic rings. The standard InChI is InChI=1S/C20H18N2O/c1-16-10-8-9-15-19(16)20(21-17-11-4-2-5-12-17)22(23)18-13-6-3-7-14-18/h2-15,23H,1H3. The third-order valence-electron chi connectivity index (χ3n) is 3.58. The molecular weight excluding hydrogens is 284 g/mol. The molecule has 0 amide bonds. The van der Waals surface area contributed by atoms with Gasteiger partial charge in [-0.1, -0.05) is 60.7 Å². The van der Waals surface area contributed by atoms with Crippen molar-refractivity contribution in [3.8, 4) is 0 Å². The maximum atomic E-state index is 10.7. The summed E-state index contributed by atoms with van der Waals surface area (Å²) in [5.74, 6) is 0.500. The van der Waals surface area contributed by atoms with Crippen molar-refractivity contribution in [1.29, 1.82) is 0 Å². The summed E-state index contributed by atoms with van der Waals surface area (Å²) in [7, 11) is 0. The molecule has 23 heavy (non-hydrogen) atoms. The number of anilines is 1. The summed E-state index contributed by atoms with van der Waals surface area (Å²) in [4.78, 5) is 4.66. The van der Waals surface area contributed by atoms with Crippen LogP contribution in [0.5, 0.6) is 0 Å². The number of aryl methyl sites for hydroxylation is 1. The van der Waals surface area contributed by atoms with Crippen LogP contribution in [0, 0.1) is 6.92 Å². The molecule has 3 aromatic rings. The number of nitrogens with zero attached hydrogens (tertiary/aromatic N) is 2. The van der Waals surface area contributed by atoms with Crippen LogP contribution in [0.4, 0.5) is 11.4 Å². The molecule has 3 aromatic carbocycles. The lowest BCUT2D eigenvalue weighted by Crippen LogP contribution is -2.28. The molecule has 0 saturated carbocycles. The minimum atomic E-state index is 0.500. The summed E-state index contributed by atoms with van der Waals surface area (Å²) in [6.45, 7) is 2.01. The Morgan fingerprint density at radius 2 is 1.35 bits per heavy atom. The van der Waals surface area contributed by atoms with Crippen LogP contribution in [0.25, 0.3) is 0 Å². The van der Waals surface area contributed by atoms with Gasteiger partial charge in [-0.3, -0.25) is 5.21 Å². The second-order valence-corrected chi connectivity index (χ2v) is 5.23. The van der Waals surface area contributed by atoms with E-state index in [2.05, 4.69) is 4.99 Å². The van der Waals surface area contributed by atoms with Crippen molar-refractivity contribution in [2.45, 2.75) is 6.92 Å². The first-order valence-corrected chi connectivity index (χ1v) is 7.49. The summed E-state index contributed by atoms with van der Waals surface area (Å²) in [6, 6.07) is 26.9. The van der Waals surface area contributed by atoms with Crippen LogP contribution in [0.3, 0.4) is 0 Å². The fourth-order valence-electron chi connectivity index (χ4n) is 2.36. The first kappa shape index (κ1) is 15.0. The Morgan fingerprint density at radius 3 is 2.00 bits per heavy atom. The zero-order valence-electron chi connectivity index (χ0n) is 12.9. The number of hydrogen-bond donors (Lipinski definition) is 1. The number of aliphatic imine (C=N–C) groups is 1. The molecule has 0 aliphatic heterocycles. The van der Waals surface area contributed by atoms with Crippen LogP contribution in [0.15, 0.2) is 89.9 Å². The average Bonchev–Trinajstić information content (AvgIpc) is 2.61. The molecule has 114 valence electrons. The van der Waals surface area contributed by atoms with Gasteiger partial charge < -0.3 is 0 Å². The van der Waals surface area contributed by atoms with E-state index in [0.717, 1.165) is 21.9 Å². The van der Waals surface area contributed by atoms with Gasteiger partial charge in [0.15, 0.2) is 5.84 Å². The maximum absolute atomic E-state index is 10.7. The Balaban J connectivity index is 2.11. The number of para-hydroxylation sites is 2. The molecule has 3 rings (SSSR count). The van der Waals surface area contributed by atoms with Crippen molar-refractivity contribution in [3.63, 3.8) is 0 Å². The Kier molecular flexibility index (Phi) is 4.50. The largest absolute Gasteiger partial charge is 0.282 e. The number of hydrogen-bond acceptors (Lipinski definition) is 2. The molecule has 0 saturated heterocycles. The van der Waals surface area contributed by atoms with Crippen LogP contribution in [0.1, 0.15) is 11.1 Å². The van der Waals surface area contributed by atoms with Crippen LogP contribution in [-0.2, 0) is 0 Å². The van der Waals surface area contributed by atoms with Gasteiger partial charge in [0, 0.05) is 5.56 Å². The van der Waals surface area contributed by atoms with Gasteiger partial charge in [0.05, 0.1) is 11.4 Å². The van der Waals surface area contributed by atoms with Crippen LogP contribution < -0.4 is 5.06 Å². The molecule has 0 aliphatic carbocycles. The summed E-state index contributed by atoms with van der Waals surface area (Å²) in [5.41, 5.74) is 3.41. The van der Waals surface area contributed by atoms with Gasteiger partial charge in [-0.25, -0.2) is 10.1 Å². The highest BCUT2D eigenvalue weighted by atomic mass is 16.5. The number of amidine groups is 1. The highest BCUT2D eigenvalue weighted by Crippen LogP contribution is 2.21. The second-order valence-electron chi connectivity index (χ2n) is 5.23. The maximum Gasteiger partial charge on any atom is 0.165 e. The Bertz CT molecular complexity index is 798. The minimum absolute atomic E-state index is 0.500. The third kappa shape index (κ3) is 3.47. The lowest BCUT2D eigenvalue weighted by molar-refractivity contribution is 0.312. The predicted molar refractivity (Wildman–Crippen MR) is 94.5 cm³/mol. The van der Waals surface area contributed by atoms with Gasteiger partial charge in [0.25, 0.3) is 0 Å². The highest BCUT2D eigenvalue weighted by molar-refractivity contribution is 6.10. The minimum Gasteiger partial charge on any atom is -0.282 e. The molecular formula is C20H18N2O. The number of hydroxylamine groups is 1. The summed E-state index contributed by atoms with van der Waals surface area (Å²) >= 11 is 0. The van der Waals surface area contributed by atoms with Crippen LogP contribution >= 0.6 is 0 Å². The van der Waals surface area contributed by atoms with Crippen molar-refractivity contribution >= 4 is 17.2 Å². The van der Waals surface area contributed by atoms with E-state index in [1.807, 2.05) is 91.9 Å². The SMILES string of the molecule is Cc1ccccc1C(=Nc1ccccc1)N(O)c1ccccc1. The quantitative estimate of drug-likeness (QED) is 0.421. The fourth-order valence-corrected chi connectivity index (χ4v) is 2.36. The molecule has 1 N–H and O–H groups in total. The summed E-state index contributed by atoms with van der Waals surface area (Å²) in [5, 5.41) is 11.9. The van der Waals surface area contributed by atoms with Gasteiger partial charge in [-0.05, 0) is 36.8 Å². The molecule has 0 bridgehead atoms. The average molecular weight is 302 g/mol. The van der Waals surface area contributed by atoms with Crippen molar-refractivity contribution in [2.75, 3.05) is 5.06 Å². The van der Waals surface area contributed by atoms with Crippen molar-refractivity contribution in [2.24, 2.45) is 4.99 Å². The second kappa shape index (κ2) is 6.90. The molecule has 0 radical (unpaired) electrons. The van der Waals surface area contributed by atoms with E-state index in [9.17, 15) is 5.21 Å². The lowest BCUT2D eigenvalue weighted by Gasteiger charge is -2.20. The normalized spacial score (nSPS) is 11.3. The number of benzene rings is 3. The predicted octanol–water partition coefficient (Wildman–Crippen LogP) is 4.97. The van der Waals surface area contributed by atoms with Crippen LogP contribution in [-0.4, -0.2) is 11.0 Å². The van der Waals surface area contributed by atoms with Gasteiger partial charge in [0.2, 0.25) is 0 Å². The lowest BCUT2D eigenvalue weighted by atomic mass is 10.1. The fraction of sp³-hybridized carbons (Fsp3) is 0.0500. The van der Waals surface area contributed by atoms with E-state index >= 15 is 0 Å². The molecule has 3 heteroatoms. The Morgan fingerprint density at radius 1 is 0.783 bits per heavy atom. The molecule has 0 heterocycles. The topological polar surface area (TPSA) is 35.8 Å². The van der Waals surface area contributed by atoms with Gasteiger partial charge in [-0.15, -0.1) is 0 Å². The van der Waals surface area contributed by atoms with E-state index in [1.54, 1.807) is 0 Å². The molecule has 0 aromatic heterocycles. The zero-order valence-corrected chi connectivity index (χ0v) is 12.9. The van der Waals surface area contributed by atoms with Crippen LogP contribution in [0.2, 0.25) is 0 Å². The van der Waals surface area contributed by atoms with Gasteiger partial charge >= 0.3 is 0 Å². The van der Waals surface area contributed by atoms with E-state index in [0.29, 0.717) is 11.5 Å². The van der Waals surface area contributed by atoms with Gasteiger partial charge in [0.1, 0.15) is 0 Å². The summed E-state index contributed by atoms with van der Waals surface area (Å²) < 4.78 is 0. The number of rotatable bonds is 3. The van der Waals surface area contributed by atoms with Gasteiger partial charge in [-0.2, -0.15) is 0 Å². The van der Waals surface area contributed by atoms with Crippen molar-refractivity contribution in [3.05, 3.63) is 96.1 Å². The van der Waals surface area contributed by atoms with E-state index in [4.69, 9.17) is 0 Å². The van der Waals surface area contributed by atoms with Crippen molar-refractivity contribution in [1.82, 2.24) is 0 Å².